The monoisotopic (exact) mass is 462 g/mol. The minimum absolute atomic E-state index is 0.00923. The Morgan fingerprint density at radius 2 is 1.26 bits per heavy atom. The molecule has 0 bridgehead atoms. The highest BCUT2D eigenvalue weighted by atomic mass is 16.6. The average molecular weight is 462 g/mol. The molecule has 0 spiro atoms. The first-order chi connectivity index (χ1) is 16.2. The topological polar surface area (TPSA) is 144 Å². The Morgan fingerprint density at radius 3 is 1.76 bits per heavy atom. The number of amides is 2. The zero-order valence-electron chi connectivity index (χ0n) is 18.5. The van der Waals surface area contributed by atoms with E-state index in [0.717, 1.165) is 0 Å². The molecule has 1 atom stereocenters. The third-order valence-electron chi connectivity index (χ3n) is 5.47. The molecule has 0 radical (unpaired) electrons. The molecule has 0 saturated carbocycles. The summed E-state index contributed by atoms with van der Waals surface area (Å²) >= 11 is 0. The van der Waals surface area contributed by atoms with E-state index in [1.165, 1.54) is 50.2 Å². The maximum atomic E-state index is 13.0. The first-order valence-corrected chi connectivity index (χ1v) is 10.3. The van der Waals surface area contributed by atoms with E-state index in [1.54, 1.807) is 30.3 Å². The molecule has 2 N–H and O–H groups in total. The number of nitro benzene ring substituents is 2. The van der Waals surface area contributed by atoms with Crippen LogP contribution in [0.25, 0.3) is 0 Å². The van der Waals surface area contributed by atoms with Gasteiger partial charge in [0.05, 0.1) is 15.9 Å². The smallest absolute Gasteiger partial charge is 0.273 e. The standard InChI is InChI=1S/C24H22N4O6/c1-15-18(10-6-12-21(15)27(31)32)23(29)25-14-20(17-8-4-3-5-9-17)26-24(30)19-11-7-13-22(16(19)2)28(33)34/h3-13,20H,14H2,1-2H3,(H,25,29)(H,26,30)/t20-/m1/s1. The van der Waals surface area contributed by atoms with E-state index in [1.807, 2.05) is 0 Å². The second kappa shape index (κ2) is 10.3. The molecule has 0 aliphatic heterocycles. The predicted octanol–water partition coefficient (Wildman–Crippen LogP) is 4.02. The van der Waals surface area contributed by atoms with Crippen molar-refractivity contribution in [1.82, 2.24) is 10.6 Å². The normalized spacial score (nSPS) is 11.4. The fraction of sp³-hybridized carbons (Fsp3) is 0.167. The Morgan fingerprint density at radius 1 is 0.765 bits per heavy atom. The predicted molar refractivity (Wildman–Crippen MR) is 125 cm³/mol. The van der Waals surface area contributed by atoms with Gasteiger partial charge in [-0.05, 0) is 31.5 Å². The number of carbonyl (C=O) groups is 2. The van der Waals surface area contributed by atoms with Gasteiger partial charge in [-0.3, -0.25) is 29.8 Å². The molecular formula is C24H22N4O6. The highest BCUT2D eigenvalue weighted by molar-refractivity contribution is 5.98. The van der Waals surface area contributed by atoms with Crippen molar-refractivity contribution in [1.29, 1.82) is 0 Å². The average Bonchev–Trinajstić information content (AvgIpc) is 2.81. The summed E-state index contributed by atoms with van der Waals surface area (Å²) in [7, 11) is 0. The van der Waals surface area contributed by atoms with Crippen molar-refractivity contribution in [2.45, 2.75) is 19.9 Å². The Labute approximate surface area is 194 Å². The summed E-state index contributed by atoms with van der Waals surface area (Å²) in [4.78, 5) is 47.1. The van der Waals surface area contributed by atoms with E-state index in [-0.39, 0.29) is 40.2 Å². The number of rotatable bonds is 8. The first-order valence-electron chi connectivity index (χ1n) is 10.3. The van der Waals surface area contributed by atoms with Gasteiger partial charge >= 0.3 is 0 Å². The van der Waals surface area contributed by atoms with Crippen LogP contribution in [0.3, 0.4) is 0 Å². The fourth-order valence-corrected chi connectivity index (χ4v) is 3.60. The Balaban J connectivity index is 1.84. The molecule has 2 amide bonds. The molecule has 174 valence electrons. The molecule has 34 heavy (non-hydrogen) atoms. The zero-order valence-corrected chi connectivity index (χ0v) is 18.5. The van der Waals surface area contributed by atoms with Crippen LogP contribution in [0.1, 0.15) is 43.4 Å². The number of nitrogens with zero attached hydrogens (tertiary/aromatic N) is 2. The Bertz CT molecular complexity index is 1260. The van der Waals surface area contributed by atoms with Gasteiger partial charge in [0, 0.05) is 40.9 Å². The number of carbonyl (C=O) groups excluding carboxylic acids is 2. The van der Waals surface area contributed by atoms with Gasteiger partial charge in [0.15, 0.2) is 0 Å². The van der Waals surface area contributed by atoms with Crippen LogP contribution in [-0.2, 0) is 0 Å². The lowest BCUT2D eigenvalue weighted by Gasteiger charge is -2.21. The number of hydrogen-bond donors (Lipinski definition) is 2. The molecule has 0 aliphatic rings. The highest BCUT2D eigenvalue weighted by Gasteiger charge is 2.23. The molecule has 0 aromatic heterocycles. The van der Waals surface area contributed by atoms with E-state index >= 15 is 0 Å². The van der Waals surface area contributed by atoms with Crippen LogP contribution in [0.5, 0.6) is 0 Å². The third kappa shape index (κ3) is 5.23. The van der Waals surface area contributed by atoms with Gasteiger partial charge in [-0.25, -0.2) is 0 Å². The SMILES string of the molecule is Cc1c(C(=O)NC[C@@H](NC(=O)c2cccc([N+](=O)[O-])c2C)c2ccccc2)cccc1[N+](=O)[O-]. The summed E-state index contributed by atoms with van der Waals surface area (Å²) in [5.74, 6) is -1.06. The number of benzene rings is 3. The lowest BCUT2D eigenvalue weighted by atomic mass is 10.0. The lowest BCUT2D eigenvalue weighted by Crippen LogP contribution is -2.38. The Kier molecular flexibility index (Phi) is 7.32. The van der Waals surface area contributed by atoms with Gasteiger partial charge < -0.3 is 10.6 Å². The summed E-state index contributed by atoms with van der Waals surface area (Å²) in [5, 5.41) is 28.0. The van der Waals surface area contributed by atoms with Crippen LogP contribution in [0, 0.1) is 34.1 Å². The minimum Gasteiger partial charge on any atom is -0.350 e. The lowest BCUT2D eigenvalue weighted by molar-refractivity contribution is -0.385. The molecule has 0 heterocycles. The van der Waals surface area contributed by atoms with Crippen molar-refractivity contribution in [3.05, 3.63) is 115 Å². The van der Waals surface area contributed by atoms with Gasteiger partial charge in [0.1, 0.15) is 0 Å². The van der Waals surface area contributed by atoms with Gasteiger partial charge in [-0.2, -0.15) is 0 Å². The summed E-state index contributed by atoms with van der Waals surface area (Å²) in [6.45, 7) is 2.98. The first kappa shape index (κ1) is 24.1. The van der Waals surface area contributed by atoms with Crippen molar-refractivity contribution in [2.75, 3.05) is 6.54 Å². The van der Waals surface area contributed by atoms with Gasteiger partial charge in [-0.15, -0.1) is 0 Å². The van der Waals surface area contributed by atoms with Crippen LogP contribution in [0.2, 0.25) is 0 Å². The van der Waals surface area contributed by atoms with E-state index in [0.29, 0.717) is 5.56 Å². The third-order valence-corrected chi connectivity index (χ3v) is 5.47. The van der Waals surface area contributed by atoms with Gasteiger partial charge in [0.25, 0.3) is 23.2 Å². The molecule has 0 unspecified atom stereocenters. The molecule has 3 rings (SSSR count). The number of nitro groups is 2. The van der Waals surface area contributed by atoms with Gasteiger partial charge in [-0.1, -0.05) is 42.5 Å². The summed E-state index contributed by atoms with van der Waals surface area (Å²) in [6.07, 6.45) is 0. The summed E-state index contributed by atoms with van der Waals surface area (Å²) < 4.78 is 0. The van der Waals surface area contributed by atoms with E-state index in [2.05, 4.69) is 10.6 Å². The van der Waals surface area contributed by atoms with E-state index in [4.69, 9.17) is 0 Å². The maximum absolute atomic E-state index is 13.0. The molecule has 0 aliphatic carbocycles. The van der Waals surface area contributed by atoms with Crippen molar-refractivity contribution in [3.8, 4) is 0 Å². The Hall–Kier alpha value is -4.60. The van der Waals surface area contributed by atoms with E-state index < -0.39 is 27.7 Å². The summed E-state index contributed by atoms with van der Waals surface area (Å²) in [5.41, 5.74) is 1.14. The van der Waals surface area contributed by atoms with Crippen molar-refractivity contribution in [2.24, 2.45) is 0 Å². The second-order valence-electron chi connectivity index (χ2n) is 7.56. The van der Waals surface area contributed by atoms with E-state index in [9.17, 15) is 29.8 Å². The molecule has 0 saturated heterocycles. The van der Waals surface area contributed by atoms with Crippen LogP contribution in [-0.4, -0.2) is 28.2 Å². The molecule has 10 nitrogen and oxygen atoms in total. The van der Waals surface area contributed by atoms with Crippen LogP contribution in [0.15, 0.2) is 66.7 Å². The quantitative estimate of drug-likeness (QED) is 0.382. The van der Waals surface area contributed by atoms with Crippen LogP contribution in [0.4, 0.5) is 11.4 Å². The summed E-state index contributed by atoms with van der Waals surface area (Å²) in [6, 6.07) is 16.7. The van der Waals surface area contributed by atoms with Crippen molar-refractivity contribution in [3.63, 3.8) is 0 Å². The molecule has 0 fully saturated rings. The second-order valence-corrected chi connectivity index (χ2v) is 7.56. The van der Waals surface area contributed by atoms with Crippen molar-refractivity contribution < 1.29 is 19.4 Å². The molecule has 3 aromatic carbocycles. The molecule has 10 heteroatoms. The number of nitrogens with one attached hydrogen (secondary N) is 2. The maximum Gasteiger partial charge on any atom is 0.273 e. The molecule has 3 aromatic rings. The minimum atomic E-state index is -0.657. The van der Waals surface area contributed by atoms with Crippen LogP contribution >= 0.6 is 0 Å². The van der Waals surface area contributed by atoms with Gasteiger partial charge in [0.2, 0.25) is 0 Å². The highest BCUT2D eigenvalue weighted by Crippen LogP contribution is 2.23. The van der Waals surface area contributed by atoms with Crippen LogP contribution < -0.4 is 10.6 Å². The zero-order chi connectivity index (χ0) is 24.8. The number of hydrogen-bond acceptors (Lipinski definition) is 6. The largest absolute Gasteiger partial charge is 0.350 e. The van der Waals surface area contributed by atoms with Crippen molar-refractivity contribution >= 4 is 23.2 Å². The molecular weight excluding hydrogens is 440 g/mol. The fourth-order valence-electron chi connectivity index (χ4n) is 3.60.